The van der Waals surface area contributed by atoms with Crippen LogP contribution in [0.15, 0.2) is 42.6 Å². The molecule has 2 aromatic rings. The van der Waals surface area contributed by atoms with E-state index in [9.17, 15) is 9.18 Å². The lowest BCUT2D eigenvalue weighted by Gasteiger charge is -2.35. The Bertz CT molecular complexity index is 762. The highest BCUT2D eigenvalue weighted by Crippen LogP contribution is 2.20. The predicted octanol–water partition coefficient (Wildman–Crippen LogP) is 2.65. The highest BCUT2D eigenvalue weighted by Gasteiger charge is 2.18. The van der Waals surface area contributed by atoms with E-state index in [4.69, 9.17) is 4.74 Å². The van der Waals surface area contributed by atoms with Crippen molar-refractivity contribution >= 4 is 11.9 Å². The van der Waals surface area contributed by atoms with Gasteiger partial charge in [0.15, 0.2) is 11.6 Å². The third kappa shape index (κ3) is 5.17. The van der Waals surface area contributed by atoms with Crippen LogP contribution in [0.5, 0.6) is 5.75 Å². The first-order valence-corrected chi connectivity index (χ1v) is 9.09. The van der Waals surface area contributed by atoms with Gasteiger partial charge in [-0.2, -0.15) is 0 Å². The number of carbonyl (C=O) groups excluding carboxylic acids is 1. The number of amides is 1. The Morgan fingerprint density at radius 3 is 2.59 bits per heavy atom. The van der Waals surface area contributed by atoms with E-state index in [2.05, 4.69) is 14.8 Å². The lowest BCUT2D eigenvalue weighted by molar-refractivity contribution is 0.170. The van der Waals surface area contributed by atoms with Crippen LogP contribution in [-0.2, 0) is 6.42 Å². The van der Waals surface area contributed by atoms with Crippen LogP contribution in [0.25, 0.3) is 0 Å². The van der Waals surface area contributed by atoms with Crippen molar-refractivity contribution in [2.24, 2.45) is 0 Å². The number of piperazine rings is 1. The number of carbonyl (C=O) groups is 1. The van der Waals surface area contributed by atoms with E-state index >= 15 is 0 Å². The molecule has 3 rings (SSSR count). The lowest BCUT2D eigenvalue weighted by Crippen LogP contribution is -2.47. The number of benzene rings is 1. The van der Waals surface area contributed by atoms with E-state index < -0.39 is 11.9 Å². The summed E-state index contributed by atoms with van der Waals surface area (Å²) in [6.45, 7) is 4.65. The summed E-state index contributed by atoms with van der Waals surface area (Å²) in [7, 11) is 3.12. The minimum Gasteiger partial charge on any atom is -0.407 e. The molecule has 2 heterocycles. The number of hydrogen-bond acceptors (Lipinski definition) is 5. The number of rotatable bonds is 5. The minimum absolute atomic E-state index is 0.0403. The fraction of sp³-hybridized carbons (Fsp3) is 0.400. The zero-order chi connectivity index (χ0) is 19.2. The largest absolute Gasteiger partial charge is 0.414 e. The second-order valence-corrected chi connectivity index (χ2v) is 6.79. The van der Waals surface area contributed by atoms with Gasteiger partial charge in [-0.25, -0.2) is 14.2 Å². The summed E-state index contributed by atoms with van der Waals surface area (Å²) in [5.41, 5.74) is 0.893. The molecule has 1 aliphatic heterocycles. The molecule has 0 aliphatic carbocycles. The van der Waals surface area contributed by atoms with Gasteiger partial charge in [-0.15, -0.1) is 0 Å². The number of aromatic nitrogens is 1. The normalized spacial score (nSPS) is 14.9. The fourth-order valence-electron chi connectivity index (χ4n) is 3.00. The Balaban J connectivity index is 1.48. The van der Waals surface area contributed by atoms with Gasteiger partial charge in [-0.1, -0.05) is 12.1 Å². The maximum Gasteiger partial charge on any atom is 0.414 e. The smallest absolute Gasteiger partial charge is 0.407 e. The van der Waals surface area contributed by atoms with Crippen molar-refractivity contribution in [2.75, 3.05) is 51.7 Å². The monoisotopic (exact) mass is 372 g/mol. The maximum atomic E-state index is 14.2. The van der Waals surface area contributed by atoms with Gasteiger partial charge in [0.05, 0.1) is 0 Å². The Labute approximate surface area is 159 Å². The molecule has 0 bridgehead atoms. The van der Waals surface area contributed by atoms with Crippen molar-refractivity contribution in [3.8, 4) is 5.75 Å². The van der Waals surface area contributed by atoms with E-state index in [0.717, 1.165) is 50.5 Å². The molecule has 0 radical (unpaired) electrons. The molecule has 1 aromatic heterocycles. The maximum absolute atomic E-state index is 14.2. The third-order valence-corrected chi connectivity index (χ3v) is 4.62. The molecule has 1 fully saturated rings. The van der Waals surface area contributed by atoms with Gasteiger partial charge in [0.25, 0.3) is 0 Å². The van der Waals surface area contributed by atoms with Gasteiger partial charge in [-0.3, -0.25) is 4.90 Å². The van der Waals surface area contributed by atoms with Crippen molar-refractivity contribution in [1.82, 2.24) is 14.8 Å². The summed E-state index contributed by atoms with van der Waals surface area (Å²) in [5.74, 6) is 0.464. The summed E-state index contributed by atoms with van der Waals surface area (Å²) < 4.78 is 19.2. The number of hydrogen-bond donors (Lipinski definition) is 0. The number of pyridine rings is 1. The summed E-state index contributed by atoms with van der Waals surface area (Å²) in [6, 6.07) is 10.7. The predicted molar refractivity (Wildman–Crippen MR) is 103 cm³/mol. The number of ether oxygens (including phenoxy) is 1. The number of halogens is 1. The van der Waals surface area contributed by atoms with Gasteiger partial charge in [0, 0.05) is 53.0 Å². The van der Waals surface area contributed by atoms with Crippen molar-refractivity contribution < 1.29 is 13.9 Å². The molecule has 1 aliphatic rings. The van der Waals surface area contributed by atoms with Gasteiger partial charge in [-0.05, 0) is 36.2 Å². The second kappa shape index (κ2) is 8.81. The second-order valence-electron chi connectivity index (χ2n) is 6.79. The SMILES string of the molecule is CN(C)C(=O)Oc1ccc(CCN2CCN(c3ccccn3)CC2)cc1F. The van der Waals surface area contributed by atoms with E-state index in [-0.39, 0.29) is 5.75 Å². The first-order chi connectivity index (χ1) is 13.0. The van der Waals surface area contributed by atoms with E-state index in [1.54, 1.807) is 14.1 Å². The summed E-state index contributed by atoms with van der Waals surface area (Å²) in [6.07, 6.45) is 1.98. The standard InChI is InChI=1S/C20H25FN4O2/c1-23(2)20(26)27-18-7-6-16(15-17(18)21)8-10-24-11-13-25(14-12-24)19-5-3-4-9-22-19/h3-7,9,15H,8,10-14H2,1-2H3. The Morgan fingerprint density at radius 1 is 1.19 bits per heavy atom. The van der Waals surface area contributed by atoms with Crippen LogP contribution in [0.1, 0.15) is 5.56 Å². The minimum atomic E-state index is -0.590. The zero-order valence-electron chi connectivity index (χ0n) is 15.8. The highest BCUT2D eigenvalue weighted by atomic mass is 19.1. The zero-order valence-corrected chi connectivity index (χ0v) is 15.8. The fourth-order valence-corrected chi connectivity index (χ4v) is 3.00. The van der Waals surface area contributed by atoms with Gasteiger partial charge < -0.3 is 14.5 Å². The van der Waals surface area contributed by atoms with Crippen LogP contribution in [0, 0.1) is 5.82 Å². The lowest BCUT2D eigenvalue weighted by atomic mass is 10.1. The van der Waals surface area contributed by atoms with Crippen LogP contribution >= 0.6 is 0 Å². The molecule has 0 unspecified atom stereocenters. The van der Waals surface area contributed by atoms with Crippen molar-refractivity contribution in [1.29, 1.82) is 0 Å². The third-order valence-electron chi connectivity index (χ3n) is 4.62. The van der Waals surface area contributed by atoms with Crippen molar-refractivity contribution in [3.63, 3.8) is 0 Å². The first-order valence-electron chi connectivity index (χ1n) is 9.09. The molecule has 7 heteroatoms. The number of anilines is 1. The molecule has 1 amide bonds. The highest BCUT2D eigenvalue weighted by molar-refractivity contribution is 5.70. The molecule has 6 nitrogen and oxygen atoms in total. The molecular weight excluding hydrogens is 347 g/mol. The molecule has 0 saturated carbocycles. The molecule has 144 valence electrons. The Kier molecular flexibility index (Phi) is 6.24. The molecule has 1 aromatic carbocycles. The molecule has 27 heavy (non-hydrogen) atoms. The average molecular weight is 372 g/mol. The van der Waals surface area contributed by atoms with Crippen LogP contribution in [0.3, 0.4) is 0 Å². The first kappa shape index (κ1) is 19.1. The topological polar surface area (TPSA) is 48.9 Å². The van der Waals surface area contributed by atoms with Crippen molar-refractivity contribution in [3.05, 3.63) is 54.0 Å². The van der Waals surface area contributed by atoms with E-state index in [0.29, 0.717) is 0 Å². The molecule has 0 N–H and O–H groups in total. The Hall–Kier alpha value is -2.67. The molecular formula is C20H25FN4O2. The molecule has 0 atom stereocenters. The quantitative estimate of drug-likeness (QED) is 0.808. The average Bonchev–Trinajstić information content (AvgIpc) is 2.69. The van der Waals surface area contributed by atoms with E-state index in [1.807, 2.05) is 30.5 Å². The van der Waals surface area contributed by atoms with E-state index in [1.165, 1.54) is 17.0 Å². The van der Waals surface area contributed by atoms with Crippen LogP contribution in [-0.4, -0.2) is 67.7 Å². The molecule has 0 spiro atoms. The van der Waals surface area contributed by atoms with Crippen LogP contribution < -0.4 is 9.64 Å². The van der Waals surface area contributed by atoms with Crippen LogP contribution in [0.4, 0.5) is 15.0 Å². The van der Waals surface area contributed by atoms with Gasteiger partial charge in [0.1, 0.15) is 5.82 Å². The Morgan fingerprint density at radius 2 is 1.96 bits per heavy atom. The van der Waals surface area contributed by atoms with Gasteiger partial charge >= 0.3 is 6.09 Å². The van der Waals surface area contributed by atoms with Crippen molar-refractivity contribution in [2.45, 2.75) is 6.42 Å². The van der Waals surface area contributed by atoms with Gasteiger partial charge in [0.2, 0.25) is 0 Å². The summed E-state index contributed by atoms with van der Waals surface area (Å²) in [5, 5.41) is 0. The summed E-state index contributed by atoms with van der Waals surface area (Å²) >= 11 is 0. The summed E-state index contributed by atoms with van der Waals surface area (Å²) in [4.78, 5) is 21.8. The molecule has 1 saturated heterocycles. The van der Waals surface area contributed by atoms with Crippen LogP contribution in [0.2, 0.25) is 0 Å². The number of nitrogens with zero attached hydrogens (tertiary/aromatic N) is 4.